The average Bonchev–Trinajstić information content (AvgIpc) is 3.10. The Labute approximate surface area is 196 Å². The first-order valence-electron chi connectivity index (χ1n) is 12.3. The summed E-state index contributed by atoms with van der Waals surface area (Å²) >= 11 is 0. The summed E-state index contributed by atoms with van der Waals surface area (Å²) in [6.45, 7) is 5.63. The predicted octanol–water partition coefficient (Wildman–Crippen LogP) is 2.95. The fraction of sp³-hybridized carbons (Fsp3) is 0.654. The zero-order valence-corrected chi connectivity index (χ0v) is 20.1. The van der Waals surface area contributed by atoms with Crippen molar-refractivity contribution in [1.29, 1.82) is 0 Å². The van der Waals surface area contributed by atoms with Gasteiger partial charge >= 0.3 is 0 Å². The van der Waals surface area contributed by atoms with Gasteiger partial charge in [0.25, 0.3) is 5.91 Å². The van der Waals surface area contributed by atoms with Crippen molar-refractivity contribution in [2.45, 2.75) is 89.4 Å². The summed E-state index contributed by atoms with van der Waals surface area (Å²) in [7, 11) is 1.77. The van der Waals surface area contributed by atoms with Crippen LogP contribution in [0.15, 0.2) is 18.2 Å². The quantitative estimate of drug-likeness (QED) is 0.589. The molecule has 3 atom stereocenters. The minimum absolute atomic E-state index is 0.107. The number of piperidine rings is 1. The summed E-state index contributed by atoms with van der Waals surface area (Å²) in [5.74, 6) is -0.153. The number of rotatable bonds is 8. The second kappa shape index (κ2) is 9.94. The van der Waals surface area contributed by atoms with E-state index in [1.54, 1.807) is 12.0 Å². The summed E-state index contributed by atoms with van der Waals surface area (Å²) in [5, 5.41) is 6.15. The SMILES string of the molecule is COC(C)(C)CCN[C@H]1CCCC[C@@H]1Cc1ccc2c(c1)CN(C1CCC(=O)NC1=O)C2=O. The number of fused-ring (bicyclic) bond motifs is 1. The third kappa shape index (κ3) is 5.46. The molecular formula is C26H37N3O4. The van der Waals surface area contributed by atoms with E-state index in [1.807, 2.05) is 6.07 Å². The Hall–Kier alpha value is -2.25. The van der Waals surface area contributed by atoms with Crippen LogP contribution in [0.5, 0.6) is 0 Å². The van der Waals surface area contributed by atoms with Crippen LogP contribution in [-0.2, 0) is 27.3 Å². The van der Waals surface area contributed by atoms with E-state index in [2.05, 4.69) is 36.6 Å². The van der Waals surface area contributed by atoms with E-state index in [9.17, 15) is 14.4 Å². The van der Waals surface area contributed by atoms with Crippen molar-refractivity contribution < 1.29 is 19.1 Å². The molecule has 0 bridgehead atoms. The third-order valence-electron chi connectivity index (χ3n) is 7.68. The number of nitrogens with one attached hydrogen (secondary N) is 2. The second-order valence-electron chi connectivity index (χ2n) is 10.4. The molecule has 2 N–H and O–H groups in total. The van der Waals surface area contributed by atoms with Gasteiger partial charge in [-0.3, -0.25) is 19.7 Å². The molecule has 1 aliphatic carbocycles. The van der Waals surface area contributed by atoms with Crippen molar-refractivity contribution in [3.63, 3.8) is 0 Å². The standard InChI is InChI=1S/C26H37N3O4/c1-26(2,33-3)12-13-27-21-7-5-4-6-18(21)14-17-8-9-20-19(15-17)16-29(25(20)32)22-10-11-23(30)28-24(22)31/h8-9,15,18,21-22,27H,4-7,10-14,16H2,1-3H3,(H,28,30,31)/t18-,21+,22?/m1/s1. The molecule has 1 unspecified atom stereocenters. The minimum atomic E-state index is -0.561. The molecule has 0 radical (unpaired) electrons. The molecule has 7 heteroatoms. The fourth-order valence-corrected chi connectivity index (χ4v) is 5.44. The Balaban J connectivity index is 1.39. The Morgan fingerprint density at radius 2 is 1.94 bits per heavy atom. The molecule has 33 heavy (non-hydrogen) atoms. The Morgan fingerprint density at radius 1 is 1.15 bits per heavy atom. The maximum atomic E-state index is 12.9. The fourth-order valence-electron chi connectivity index (χ4n) is 5.44. The van der Waals surface area contributed by atoms with Crippen molar-refractivity contribution >= 4 is 17.7 Å². The summed E-state index contributed by atoms with van der Waals surface area (Å²) in [6.07, 6.45) is 7.58. The molecule has 1 aromatic carbocycles. The molecule has 1 saturated heterocycles. The molecule has 3 aliphatic rings. The van der Waals surface area contributed by atoms with E-state index in [-0.39, 0.29) is 29.7 Å². The number of nitrogens with zero attached hydrogens (tertiary/aromatic N) is 1. The number of ether oxygens (including phenoxy) is 1. The molecule has 1 saturated carbocycles. The number of imide groups is 1. The van der Waals surface area contributed by atoms with E-state index in [0.717, 1.165) is 24.9 Å². The van der Waals surface area contributed by atoms with Gasteiger partial charge in [-0.2, -0.15) is 0 Å². The van der Waals surface area contributed by atoms with Crippen molar-refractivity contribution in [2.75, 3.05) is 13.7 Å². The molecule has 0 spiro atoms. The van der Waals surface area contributed by atoms with Gasteiger partial charge < -0.3 is 15.0 Å². The maximum Gasteiger partial charge on any atom is 0.255 e. The van der Waals surface area contributed by atoms with Crippen LogP contribution in [0, 0.1) is 5.92 Å². The minimum Gasteiger partial charge on any atom is -0.379 e. The lowest BCUT2D eigenvalue weighted by Gasteiger charge is -2.34. The molecular weight excluding hydrogens is 418 g/mol. The number of hydrogen-bond acceptors (Lipinski definition) is 5. The normalized spacial score (nSPS) is 25.8. The van der Waals surface area contributed by atoms with Crippen LogP contribution in [0.1, 0.15) is 80.3 Å². The van der Waals surface area contributed by atoms with Crippen molar-refractivity contribution in [2.24, 2.45) is 5.92 Å². The third-order valence-corrected chi connectivity index (χ3v) is 7.68. The lowest BCUT2D eigenvalue weighted by atomic mass is 9.80. The van der Waals surface area contributed by atoms with Crippen LogP contribution in [0.2, 0.25) is 0 Å². The highest BCUT2D eigenvalue weighted by Gasteiger charge is 2.39. The largest absolute Gasteiger partial charge is 0.379 e. The molecule has 2 heterocycles. The summed E-state index contributed by atoms with van der Waals surface area (Å²) in [6, 6.07) is 6.09. The molecule has 2 fully saturated rings. The van der Waals surface area contributed by atoms with Crippen LogP contribution in [0.4, 0.5) is 0 Å². The highest BCUT2D eigenvalue weighted by molar-refractivity contribution is 6.05. The van der Waals surface area contributed by atoms with Gasteiger partial charge in [-0.15, -0.1) is 0 Å². The van der Waals surface area contributed by atoms with Gasteiger partial charge in [-0.05, 0) is 75.6 Å². The summed E-state index contributed by atoms with van der Waals surface area (Å²) < 4.78 is 5.55. The first-order valence-corrected chi connectivity index (χ1v) is 12.3. The van der Waals surface area contributed by atoms with E-state index < -0.39 is 6.04 Å². The molecule has 3 amide bonds. The Kier molecular flexibility index (Phi) is 7.19. The Morgan fingerprint density at radius 3 is 2.70 bits per heavy atom. The number of methoxy groups -OCH3 is 1. The van der Waals surface area contributed by atoms with Gasteiger partial charge in [0.2, 0.25) is 11.8 Å². The van der Waals surface area contributed by atoms with E-state index in [1.165, 1.54) is 31.2 Å². The van der Waals surface area contributed by atoms with Gasteiger partial charge in [-0.25, -0.2) is 0 Å². The lowest BCUT2D eigenvalue weighted by molar-refractivity contribution is -0.136. The van der Waals surface area contributed by atoms with Gasteiger partial charge in [0.1, 0.15) is 6.04 Å². The molecule has 7 nitrogen and oxygen atoms in total. The van der Waals surface area contributed by atoms with Crippen LogP contribution in [-0.4, -0.2) is 54.0 Å². The van der Waals surface area contributed by atoms with E-state index in [4.69, 9.17) is 4.74 Å². The highest BCUT2D eigenvalue weighted by Crippen LogP contribution is 2.32. The maximum absolute atomic E-state index is 12.9. The van der Waals surface area contributed by atoms with Crippen molar-refractivity contribution in [1.82, 2.24) is 15.5 Å². The topological polar surface area (TPSA) is 87.7 Å². The predicted molar refractivity (Wildman–Crippen MR) is 126 cm³/mol. The van der Waals surface area contributed by atoms with E-state index in [0.29, 0.717) is 30.5 Å². The van der Waals surface area contributed by atoms with Crippen molar-refractivity contribution in [3.05, 3.63) is 34.9 Å². The molecule has 0 aromatic heterocycles. The highest BCUT2D eigenvalue weighted by atomic mass is 16.5. The van der Waals surface area contributed by atoms with Gasteiger partial charge in [-0.1, -0.05) is 25.0 Å². The first kappa shape index (κ1) is 23.9. The van der Waals surface area contributed by atoms with Crippen molar-refractivity contribution in [3.8, 4) is 0 Å². The zero-order valence-electron chi connectivity index (χ0n) is 20.1. The number of carbonyl (C=O) groups is 3. The number of amides is 3. The smallest absolute Gasteiger partial charge is 0.255 e. The molecule has 2 aliphatic heterocycles. The van der Waals surface area contributed by atoms with Crippen LogP contribution < -0.4 is 10.6 Å². The first-order chi connectivity index (χ1) is 15.8. The van der Waals surface area contributed by atoms with Crippen LogP contribution >= 0.6 is 0 Å². The molecule has 1 aromatic rings. The molecule has 4 rings (SSSR count). The lowest BCUT2D eigenvalue weighted by Crippen LogP contribution is -2.52. The summed E-state index contributed by atoms with van der Waals surface area (Å²) in [4.78, 5) is 38.3. The van der Waals surface area contributed by atoms with Gasteiger partial charge in [0.05, 0.1) is 5.60 Å². The Bertz CT molecular complexity index is 913. The van der Waals surface area contributed by atoms with Crippen LogP contribution in [0.3, 0.4) is 0 Å². The zero-order chi connectivity index (χ0) is 23.6. The molecule has 180 valence electrons. The van der Waals surface area contributed by atoms with Crippen LogP contribution in [0.25, 0.3) is 0 Å². The number of benzene rings is 1. The van der Waals surface area contributed by atoms with Gasteiger partial charge in [0.15, 0.2) is 0 Å². The number of carbonyl (C=O) groups excluding carboxylic acids is 3. The average molecular weight is 456 g/mol. The summed E-state index contributed by atoms with van der Waals surface area (Å²) in [5.41, 5.74) is 2.81. The van der Waals surface area contributed by atoms with Gasteiger partial charge in [0, 0.05) is 31.7 Å². The van der Waals surface area contributed by atoms with E-state index >= 15 is 0 Å². The number of hydrogen-bond donors (Lipinski definition) is 2. The monoisotopic (exact) mass is 455 g/mol. The second-order valence-corrected chi connectivity index (χ2v) is 10.4.